The molecule has 1 aromatic rings. The Morgan fingerprint density at radius 1 is 1.17 bits per heavy atom. The number of hydrogen-bond donors (Lipinski definition) is 1. The molecule has 4 nitrogen and oxygen atoms in total. The SMILES string of the molecule is CCCOc1cc(CN2CCC3(CCNCC3)C2)ccc1OC. The largest absolute Gasteiger partial charge is 0.493 e. The number of rotatable bonds is 6. The van der Waals surface area contributed by atoms with E-state index in [-0.39, 0.29) is 0 Å². The number of methoxy groups -OCH3 is 1. The first-order valence-electron chi connectivity index (χ1n) is 8.97. The van der Waals surface area contributed by atoms with Crippen LogP contribution in [0.1, 0.15) is 38.2 Å². The van der Waals surface area contributed by atoms with Crippen molar-refractivity contribution in [1.82, 2.24) is 10.2 Å². The molecule has 1 N–H and O–H groups in total. The molecular formula is C19H30N2O2. The molecule has 0 bridgehead atoms. The quantitative estimate of drug-likeness (QED) is 0.874. The van der Waals surface area contributed by atoms with Gasteiger partial charge in [0.2, 0.25) is 0 Å². The predicted octanol–water partition coefficient (Wildman–Crippen LogP) is 3.06. The fourth-order valence-corrected chi connectivity index (χ4v) is 3.93. The van der Waals surface area contributed by atoms with Gasteiger partial charge in [-0.05, 0) is 68.4 Å². The van der Waals surface area contributed by atoms with Gasteiger partial charge in [0, 0.05) is 13.1 Å². The molecule has 0 saturated carbocycles. The zero-order valence-corrected chi connectivity index (χ0v) is 14.6. The summed E-state index contributed by atoms with van der Waals surface area (Å²) in [6, 6.07) is 6.36. The van der Waals surface area contributed by atoms with E-state index in [1.165, 1.54) is 51.0 Å². The third kappa shape index (κ3) is 3.99. The monoisotopic (exact) mass is 318 g/mol. The number of likely N-dealkylation sites (tertiary alicyclic amines) is 1. The lowest BCUT2D eigenvalue weighted by molar-refractivity contribution is 0.194. The minimum Gasteiger partial charge on any atom is -0.493 e. The smallest absolute Gasteiger partial charge is 0.161 e. The van der Waals surface area contributed by atoms with Gasteiger partial charge in [-0.15, -0.1) is 0 Å². The van der Waals surface area contributed by atoms with Crippen LogP contribution in [0.15, 0.2) is 18.2 Å². The maximum absolute atomic E-state index is 5.84. The van der Waals surface area contributed by atoms with Gasteiger partial charge in [0.05, 0.1) is 13.7 Å². The van der Waals surface area contributed by atoms with Gasteiger partial charge >= 0.3 is 0 Å². The van der Waals surface area contributed by atoms with Crippen LogP contribution >= 0.6 is 0 Å². The van der Waals surface area contributed by atoms with Crippen molar-refractivity contribution < 1.29 is 9.47 Å². The predicted molar refractivity (Wildman–Crippen MR) is 93.2 cm³/mol. The Hall–Kier alpha value is -1.26. The molecule has 3 rings (SSSR count). The summed E-state index contributed by atoms with van der Waals surface area (Å²) in [6.07, 6.45) is 5.02. The molecular weight excluding hydrogens is 288 g/mol. The third-order valence-corrected chi connectivity index (χ3v) is 5.28. The van der Waals surface area contributed by atoms with E-state index >= 15 is 0 Å². The van der Waals surface area contributed by atoms with E-state index in [9.17, 15) is 0 Å². The zero-order chi connectivity index (χ0) is 16.1. The zero-order valence-electron chi connectivity index (χ0n) is 14.6. The van der Waals surface area contributed by atoms with Gasteiger partial charge in [0.1, 0.15) is 0 Å². The van der Waals surface area contributed by atoms with Crippen LogP contribution in [0.2, 0.25) is 0 Å². The van der Waals surface area contributed by atoms with Gasteiger partial charge in [0.25, 0.3) is 0 Å². The summed E-state index contributed by atoms with van der Waals surface area (Å²) in [4.78, 5) is 2.61. The van der Waals surface area contributed by atoms with E-state index in [2.05, 4.69) is 29.3 Å². The van der Waals surface area contributed by atoms with E-state index in [4.69, 9.17) is 9.47 Å². The highest BCUT2D eigenvalue weighted by Crippen LogP contribution is 2.39. The summed E-state index contributed by atoms with van der Waals surface area (Å²) in [5, 5.41) is 3.49. The van der Waals surface area contributed by atoms with Crippen molar-refractivity contribution in [2.75, 3.05) is 39.9 Å². The molecule has 128 valence electrons. The number of hydrogen-bond acceptors (Lipinski definition) is 4. The molecule has 0 atom stereocenters. The molecule has 0 radical (unpaired) electrons. The lowest BCUT2D eigenvalue weighted by atomic mass is 9.78. The Morgan fingerprint density at radius 3 is 2.74 bits per heavy atom. The second kappa shape index (κ2) is 7.54. The average molecular weight is 318 g/mol. The van der Waals surface area contributed by atoms with E-state index in [0.29, 0.717) is 5.41 Å². The molecule has 0 aliphatic carbocycles. The summed E-state index contributed by atoms with van der Waals surface area (Å²) in [5.41, 5.74) is 1.89. The Labute approximate surface area is 140 Å². The van der Waals surface area contributed by atoms with Crippen LogP contribution in [0, 0.1) is 5.41 Å². The van der Waals surface area contributed by atoms with E-state index < -0.39 is 0 Å². The number of nitrogens with zero attached hydrogens (tertiary/aromatic N) is 1. The Kier molecular flexibility index (Phi) is 5.44. The lowest BCUT2D eigenvalue weighted by Gasteiger charge is -2.34. The van der Waals surface area contributed by atoms with Crippen molar-refractivity contribution in [3.8, 4) is 11.5 Å². The summed E-state index contributed by atoms with van der Waals surface area (Å²) in [7, 11) is 1.70. The highest BCUT2D eigenvalue weighted by atomic mass is 16.5. The molecule has 2 heterocycles. The molecule has 0 aromatic heterocycles. The molecule has 2 aliphatic rings. The van der Waals surface area contributed by atoms with Crippen LogP contribution in [0.5, 0.6) is 11.5 Å². The van der Waals surface area contributed by atoms with Crippen molar-refractivity contribution in [3.05, 3.63) is 23.8 Å². The molecule has 1 aromatic carbocycles. The summed E-state index contributed by atoms with van der Waals surface area (Å²) in [6.45, 7) is 8.71. The van der Waals surface area contributed by atoms with Crippen LogP contribution < -0.4 is 14.8 Å². The first kappa shape index (κ1) is 16.6. The molecule has 2 fully saturated rings. The highest BCUT2D eigenvalue weighted by Gasteiger charge is 2.38. The van der Waals surface area contributed by atoms with Crippen molar-refractivity contribution in [3.63, 3.8) is 0 Å². The van der Waals surface area contributed by atoms with Gasteiger partial charge in [-0.2, -0.15) is 0 Å². The summed E-state index contributed by atoms with van der Waals surface area (Å²) < 4.78 is 11.3. The average Bonchev–Trinajstić information content (AvgIpc) is 2.95. The molecule has 2 aliphatic heterocycles. The van der Waals surface area contributed by atoms with Crippen LogP contribution in [0.25, 0.3) is 0 Å². The first-order valence-corrected chi connectivity index (χ1v) is 8.97. The topological polar surface area (TPSA) is 33.7 Å². The van der Waals surface area contributed by atoms with Gasteiger partial charge in [-0.25, -0.2) is 0 Å². The van der Waals surface area contributed by atoms with Gasteiger partial charge < -0.3 is 14.8 Å². The molecule has 1 spiro atoms. The van der Waals surface area contributed by atoms with Crippen molar-refractivity contribution in [1.29, 1.82) is 0 Å². The van der Waals surface area contributed by atoms with Gasteiger partial charge in [-0.3, -0.25) is 4.90 Å². The van der Waals surface area contributed by atoms with Crippen LogP contribution in [-0.4, -0.2) is 44.8 Å². The Bertz CT molecular complexity index is 512. The number of nitrogens with one attached hydrogen (secondary N) is 1. The number of piperidine rings is 1. The number of benzene rings is 1. The lowest BCUT2D eigenvalue weighted by Crippen LogP contribution is -2.38. The third-order valence-electron chi connectivity index (χ3n) is 5.28. The minimum atomic E-state index is 0.569. The van der Waals surface area contributed by atoms with Crippen molar-refractivity contribution >= 4 is 0 Å². The maximum Gasteiger partial charge on any atom is 0.161 e. The van der Waals surface area contributed by atoms with E-state index in [0.717, 1.165) is 31.1 Å². The summed E-state index contributed by atoms with van der Waals surface area (Å²) in [5.74, 6) is 1.71. The fraction of sp³-hybridized carbons (Fsp3) is 0.684. The second-order valence-corrected chi connectivity index (χ2v) is 7.04. The molecule has 0 amide bonds. The van der Waals surface area contributed by atoms with Crippen LogP contribution in [-0.2, 0) is 6.54 Å². The van der Waals surface area contributed by atoms with E-state index in [1.54, 1.807) is 7.11 Å². The molecule has 2 saturated heterocycles. The molecule has 4 heteroatoms. The second-order valence-electron chi connectivity index (χ2n) is 7.04. The molecule has 23 heavy (non-hydrogen) atoms. The first-order chi connectivity index (χ1) is 11.2. The van der Waals surface area contributed by atoms with Crippen molar-refractivity contribution in [2.45, 2.75) is 39.2 Å². The van der Waals surface area contributed by atoms with Crippen LogP contribution in [0.4, 0.5) is 0 Å². The Morgan fingerprint density at radius 2 is 2.00 bits per heavy atom. The molecule has 0 unspecified atom stereocenters. The maximum atomic E-state index is 5.84. The van der Waals surface area contributed by atoms with Gasteiger partial charge in [0.15, 0.2) is 11.5 Å². The van der Waals surface area contributed by atoms with Gasteiger partial charge in [-0.1, -0.05) is 13.0 Å². The number of ether oxygens (including phenoxy) is 2. The Balaban J connectivity index is 1.63. The fourth-order valence-electron chi connectivity index (χ4n) is 3.93. The van der Waals surface area contributed by atoms with Crippen molar-refractivity contribution in [2.24, 2.45) is 5.41 Å². The standard InChI is InChI=1S/C19H30N2O2/c1-3-12-23-18-13-16(4-5-17(18)22-2)14-21-11-8-19(15-21)6-9-20-10-7-19/h4-5,13,20H,3,6-12,14-15H2,1-2H3. The van der Waals surface area contributed by atoms with E-state index in [1.807, 2.05) is 6.07 Å². The van der Waals surface area contributed by atoms with Crippen LogP contribution in [0.3, 0.4) is 0 Å². The normalized spacial score (nSPS) is 20.8. The minimum absolute atomic E-state index is 0.569. The highest BCUT2D eigenvalue weighted by molar-refractivity contribution is 5.43. The summed E-state index contributed by atoms with van der Waals surface area (Å²) >= 11 is 0.